The van der Waals surface area contributed by atoms with Crippen LogP contribution < -0.4 is 0 Å². The smallest absolute Gasteiger partial charge is 0.144 e. The second kappa shape index (κ2) is 18.3. The van der Waals surface area contributed by atoms with Crippen LogP contribution in [-0.2, 0) is 9.84 Å². The first-order valence-electron chi connectivity index (χ1n) is 9.51. The maximum atomic E-state index is 12.3. The van der Waals surface area contributed by atoms with Crippen LogP contribution in [0.4, 0.5) is 8.78 Å². The Morgan fingerprint density at radius 3 is 1.38 bits per heavy atom. The molecule has 0 saturated carbocycles. The molecule has 2 nitrogen and oxygen atoms in total. The molecule has 0 bridgehead atoms. The number of hydrogen-bond acceptors (Lipinski definition) is 2. The van der Waals surface area contributed by atoms with Crippen LogP contribution in [0.5, 0.6) is 0 Å². The van der Waals surface area contributed by atoms with Gasteiger partial charge in [-0.1, -0.05) is 77.3 Å². The Balaban J connectivity index is -0.000000316. The molecule has 0 aliphatic rings. The number of halogens is 2. The maximum absolute atomic E-state index is 12.3. The lowest BCUT2D eigenvalue weighted by Crippen LogP contribution is -1.86. The molecule has 0 aromatic heterocycles. The molecule has 0 saturated heterocycles. The minimum absolute atomic E-state index is 0. The van der Waals surface area contributed by atoms with Gasteiger partial charge < -0.3 is 0 Å². The summed E-state index contributed by atoms with van der Waals surface area (Å²) < 4.78 is 43.7. The van der Waals surface area contributed by atoms with Gasteiger partial charge in [-0.25, -0.2) is 17.2 Å². The Morgan fingerprint density at radius 1 is 0.759 bits per heavy atom. The van der Waals surface area contributed by atoms with Crippen molar-refractivity contribution < 1.29 is 17.2 Å². The normalized spacial score (nSPS) is 9.41. The van der Waals surface area contributed by atoms with Crippen molar-refractivity contribution in [2.45, 2.75) is 67.7 Å². The van der Waals surface area contributed by atoms with Crippen LogP contribution in [0.25, 0.3) is 0 Å². The minimum atomic E-state index is -2.67. The van der Waals surface area contributed by atoms with Gasteiger partial charge in [-0.15, -0.1) is 0 Å². The number of unbranched alkanes of at least 4 members (excludes halogenated alkanes) is 3. The van der Waals surface area contributed by atoms with Crippen LogP contribution in [-0.4, -0.2) is 20.9 Å². The molecule has 29 heavy (non-hydrogen) atoms. The van der Waals surface area contributed by atoms with Gasteiger partial charge in [0.15, 0.2) is 0 Å². The standard InChI is InChI=1S/C8H10.C7H6F2.C6H14.C2H6O2S.CH4/c1-7-5-3-4-6-8(7)2;1-5-2-3-6(8)4-7(5)9;1-3-5-6-4-2;1-5(2,3)4;/h3-6H,1-2H3;2-4H,1H3;3-6H2,1-2H3;1-2H3;1H4. The maximum Gasteiger partial charge on any atom is 0.144 e. The third-order valence-electron chi connectivity index (χ3n) is 3.52. The number of benzene rings is 2. The van der Waals surface area contributed by atoms with Gasteiger partial charge in [-0.2, -0.15) is 0 Å². The predicted octanol–water partition coefficient (Wildman–Crippen LogP) is 7.46. The van der Waals surface area contributed by atoms with Gasteiger partial charge in [-0.3, -0.25) is 0 Å². The second-order valence-electron chi connectivity index (χ2n) is 6.83. The van der Waals surface area contributed by atoms with E-state index in [0.29, 0.717) is 5.56 Å². The van der Waals surface area contributed by atoms with Gasteiger partial charge in [0.05, 0.1) is 0 Å². The highest BCUT2D eigenvalue weighted by atomic mass is 32.2. The zero-order valence-corrected chi connectivity index (χ0v) is 19.2. The lowest BCUT2D eigenvalue weighted by molar-refractivity contribution is 0.577. The van der Waals surface area contributed by atoms with Crippen molar-refractivity contribution in [2.75, 3.05) is 12.5 Å². The van der Waals surface area contributed by atoms with Crippen molar-refractivity contribution in [3.05, 3.63) is 70.8 Å². The summed E-state index contributed by atoms with van der Waals surface area (Å²) in [6.45, 7) is 10.3. The molecule has 0 unspecified atom stereocenters. The van der Waals surface area contributed by atoms with E-state index in [2.05, 4.69) is 52.0 Å². The highest BCUT2D eigenvalue weighted by Gasteiger charge is 1.95. The van der Waals surface area contributed by atoms with Gasteiger partial charge >= 0.3 is 0 Å². The summed E-state index contributed by atoms with van der Waals surface area (Å²) in [5, 5.41) is 0. The molecule has 5 heteroatoms. The molecular formula is C24H40F2O2S. The Hall–Kier alpha value is -1.75. The highest BCUT2D eigenvalue weighted by molar-refractivity contribution is 7.89. The van der Waals surface area contributed by atoms with Crippen molar-refractivity contribution in [2.24, 2.45) is 0 Å². The molecule has 0 amide bonds. The van der Waals surface area contributed by atoms with Crippen LogP contribution in [0.2, 0.25) is 0 Å². The molecule has 0 fully saturated rings. The molecule has 0 aliphatic heterocycles. The molecule has 0 heterocycles. The van der Waals surface area contributed by atoms with Crippen molar-refractivity contribution in [1.82, 2.24) is 0 Å². The van der Waals surface area contributed by atoms with Crippen molar-refractivity contribution >= 4 is 9.84 Å². The number of aryl methyl sites for hydroxylation is 3. The number of hydrogen-bond donors (Lipinski definition) is 0. The van der Waals surface area contributed by atoms with E-state index in [4.69, 9.17) is 0 Å². The zero-order chi connectivity index (χ0) is 22.2. The molecule has 0 atom stereocenters. The summed E-state index contributed by atoms with van der Waals surface area (Å²) in [6, 6.07) is 11.9. The van der Waals surface area contributed by atoms with Gasteiger partial charge in [0.1, 0.15) is 21.5 Å². The Morgan fingerprint density at radius 2 is 1.14 bits per heavy atom. The topological polar surface area (TPSA) is 34.1 Å². The van der Waals surface area contributed by atoms with E-state index >= 15 is 0 Å². The molecule has 0 aliphatic carbocycles. The van der Waals surface area contributed by atoms with E-state index in [1.807, 2.05) is 0 Å². The van der Waals surface area contributed by atoms with Gasteiger partial charge in [-0.05, 0) is 43.5 Å². The minimum Gasteiger partial charge on any atom is -0.229 e. The summed E-state index contributed by atoms with van der Waals surface area (Å²) >= 11 is 0. The Bertz CT molecular complexity index is 724. The van der Waals surface area contributed by atoms with Crippen LogP contribution in [0.3, 0.4) is 0 Å². The molecule has 0 spiro atoms. The van der Waals surface area contributed by atoms with E-state index in [1.54, 1.807) is 6.92 Å². The molecule has 2 aromatic rings. The molecule has 0 radical (unpaired) electrons. The monoisotopic (exact) mass is 430 g/mol. The summed E-state index contributed by atoms with van der Waals surface area (Å²) in [6.07, 6.45) is 7.86. The molecule has 2 rings (SSSR count). The third kappa shape index (κ3) is 24.2. The summed E-state index contributed by atoms with van der Waals surface area (Å²) in [7, 11) is -2.67. The SMILES string of the molecule is C.CCCCCC.CS(C)(=O)=O.Cc1ccc(F)cc1F.Cc1ccccc1C. The van der Waals surface area contributed by atoms with Crippen molar-refractivity contribution in [1.29, 1.82) is 0 Å². The molecule has 2 aromatic carbocycles. The van der Waals surface area contributed by atoms with Gasteiger partial charge in [0.25, 0.3) is 0 Å². The average molecular weight is 431 g/mol. The van der Waals surface area contributed by atoms with Gasteiger partial charge in [0.2, 0.25) is 0 Å². The average Bonchev–Trinajstić information content (AvgIpc) is 2.59. The van der Waals surface area contributed by atoms with E-state index in [-0.39, 0.29) is 7.43 Å². The van der Waals surface area contributed by atoms with E-state index in [0.717, 1.165) is 18.6 Å². The first-order chi connectivity index (χ1) is 12.9. The predicted molar refractivity (Wildman–Crippen MR) is 124 cm³/mol. The largest absolute Gasteiger partial charge is 0.229 e. The fourth-order valence-electron chi connectivity index (χ4n) is 1.73. The van der Waals surface area contributed by atoms with Crippen molar-refractivity contribution in [3.63, 3.8) is 0 Å². The lowest BCUT2D eigenvalue weighted by atomic mass is 10.1. The summed E-state index contributed by atoms with van der Waals surface area (Å²) in [5.74, 6) is -1.02. The Kier molecular flexibility index (Phi) is 20.1. The van der Waals surface area contributed by atoms with Crippen LogP contribution in [0, 0.1) is 32.4 Å². The van der Waals surface area contributed by atoms with Crippen molar-refractivity contribution in [3.8, 4) is 0 Å². The van der Waals surface area contributed by atoms with E-state index in [1.165, 1.54) is 48.9 Å². The number of sulfone groups is 1. The quantitative estimate of drug-likeness (QED) is 0.474. The zero-order valence-electron chi connectivity index (χ0n) is 18.4. The van der Waals surface area contributed by atoms with Crippen LogP contribution in [0.15, 0.2) is 42.5 Å². The third-order valence-corrected chi connectivity index (χ3v) is 3.52. The summed E-state index contributed by atoms with van der Waals surface area (Å²) in [4.78, 5) is 0. The van der Waals surface area contributed by atoms with E-state index in [9.17, 15) is 17.2 Å². The lowest BCUT2D eigenvalue weighted by Gasteiger charge is -1.93. The van der Waals surface area contributed by atoms with Crippen LogP contribution >= 0.6 is 0 Å². The first-order valence-corrected chi connectivity index (χ1v) is 11.8. The molecular weight excluding hydrogens is 390 g/mol. The second-order valence-corrected chi connectivity index (χ2v) is 9.11. The number of rotatable bonds is 3. The summed E-state index contributed by atoms with van der Waals surface area (Å²) in [5.41, 5.74) is 3.21. The Labute approximate surface area is 178 Å². The molecule has 0 N–H and O–H groups in total. The highest BCUT2D eigenvalue weighted by Crippen LogP contribution is 2.06. The molecule has 168 valence electrons. The fraction of sp³-hybridized carbons (Fsp3) is 0.500. The van der Waals surface area contributed by atoms with Crippen LogP contribution in [0.1, 0.15) is 63.6 Å². The van der Waals surface area contributed by atoms with E-state index < -0.39 is 21.5 Å². The van der Waals surface area contributed by atoms with Gasteiger partial charge in [0, 0.05) is 18.6 Å². The first kappa shape index (κ1) is 31.9. The fourth-order valence-corrected chi connectivity index (χ4v) is 1.73.